The van der Waals surface area contributed by atoms with E-state index in [-0.39, 0.29) is 18.0 Å². The van der Waals surface area contributed by atoms with Crippen LogP contribution >= 0.6 is 11.3 Å². The third-order valence-electron chi connectivity index (χ3n) is 4.62. The Bertz CT molecular complexity index is 1170. The number of para-hydroxylation sites is 1. The van der Waals surface area contributed by atoms with Crippen molar-refractivity contribution in [2.45, 2.75) is 13.5 Å². The number of anilines is 1. The van der Waals surface area contributed by atoms with Gasteiger partial charge in [-0.25, -0.2) is 4.98 Å². The molecule has 0 N–H and O–H groups in total. The monoisotopic (exact) mass is 389 g/mol. The van der Waals surface area contributed by atoms with E-state index in [1.807, 2.05) is 73.0 Å². The number of likely N-dealkylation sites (N-methyl/N-ethyl adjacent to an activating group) is 1. The Kier molecular flexibility index (Phi) is 5.04. The van der Waals surface area contributed by atoms with E-state index in [0.717, 1.165) is 16.8 Å². The quantitative estimate of drug-likeness (QED) is 0.515. The normalized spacial score (nSPS) is 10.9. The van der Waals surface area contributed by atoms with Crippen LogP contribution < -0.4 is 10.5 Å². The third kappa shape index (κ3) is 3.34. The molecule has 0 aliphatic heterocycles. The summed E-state index contributed by atoms with van der Waals surface area (Å²) in [6.07, 6.45) is 1.47. The zero-order valence-corrected chi connectivity index (χ0v) is 16.2. The SMILES string of the molecule is CCN(C(=O)Cn1cnc2c(-c3ccccc3)csc2c1=O)c1ccccc1. The van der Waals surface area contributed by atoms with Crippen molar-refractivity contribution in [1.29, 1.82) is 0 Å². The molecule has 0 bridgehead atoms. The predicted molar refractivity (Wildman–Crippen MR) is 114 cm³/mol. The Morgan fingerprint density at radius 1 is 1.07 bits per heavy atom. The highest BCUT2D eigenvalue weighted by Gasteiger charge is 2.17. The van der Waals surface area contributed by atoms with Crippen LogP contribution in [0.2, 0.25) is 0 Å². The second-order valence-corrected chi connectivity index (χ2v) is 7.22. The molecule has 0 aliphatic carbocycles. The van der Waals surface area contributed by atoms with Crippen molar-refractivity contribution in [3.05, 3.63) is 82.7 Å². The average molecular weight is 389 g/mol. The molecule has 0 unspecified atom stereocenters. The Hall–Kier alpha value is -3.25. The van der Waals surface area contributed by atoms with Crippen LogP contribution in [0.3, 0.4) is 0 Å². The highest BCUT2D eigenvalue weighted by atomic mass is 32.1. The Morgan fingerprint density at radius 3 is 2.43 bits per heavy atom. The van der Waals surface area contributed by atoms with E-state index in [4.69, 9.17) is 0 Å². The van der Waals surface area contributed by atoms with Crippen molar-refractivity contribution in [3.63, 3.8) is 0 Å². The molecule has 5 nitrogen and oxygen atoms in total. The molecule has 6 heteroatoms. The number of rotatable bonds is 5. The minimum Gasteiger partial charge on any atom is -0.311 e. The number of aromatic nitrogens is 2. The number of hydrogen-bond donors (Lipinski definition) is 0. The van der Waals surface area contributed by atoms with Crippen LogP contribution in [0.5, 0.6) is 0 Å². The topological polar surface area (TPSA) is 55.2 Å². The number of carbonyl (C=O) groups is 1. The molecular formula is C22H19N3O2S. The van der Waals surface area contributed by atoms with Crippen LogP contribution in [-0.2, 0) is 11.3 Å². The lowest BCUT2D eigenvalue weighted by atomic mass is 10.1. The van der Waals surface area contributed by atoms with Crippen LogP contribution in [0.25, 0.3) is 21.3 Å². The third-order valence-corrected chi connectivity index (χ3v) is 5.58. The first-order valence-electron chi connectivity index (χ1n) is 9.06. The standard InChI is InChI=1S/C22H19N3O2S/c1-2-25(17-11-7-4-8-12-17)19(26)13-24-15-23-20-18(14-28-21(20)22(24)27)16-9-5-3-6-10-16/h3-12,14-15H,2,13H2,1H3. The number of fused-ring (bicyclic) bond motifs is 1. The lowest BCUT2D eigenvalue weighted by molar-refractivity contribution is -0.119. The smallest absolute Gasteiger partial charge is 0.271 e. The number of hydrogen-bond acceptors (Lipinski definition) is 4. The molecule has 140 valence electrons. The average Bonchev–Trinajstić information content (AvgIpc) is 3.17. The lowest BCUT2D eigenvalue weighted by Crippen LogP contribution is -2.36. The van der Waals surface area contributed by atoms with Gasteiger partial charge in [0.15, 0.2) is 0 Å². The summed E-state index contributed by atoms with van der Waals surface area (Å²) < 4.78 is 1.96. The fraction of sp³-hybridized carbons (Fsp3) is 0.136. The molecule has 4 rings (SSSR count). The molecule has 0 spiro atoms. The second kappa shape index (κ2) is 7.78. The summed E-state index contributed by atoms with van der Waals surface area (Å²) in [5, 5.41) is 1.95. The van der Waals surface area contributed by atoms with Crippen molar-refractivity contribution >= 4 is 33.1 Å². The second-order valence-electron chi connectivity index (χ2n) is 6.34. The van der Waals surface area contributed by atoms with E-state index in [1.54, 1.807) is 4.90 Å². The van der Waals surface area contributed by atoms with Gasteiger partial charge < -0.3 is 4.90 Å². The van der Waals surface area contributed by atoms with E-state index in [2.05, 4.69) is 4.98 Å². The van der Waals surface area contributed by atoms with Gasteiger partial charge in [0.1, 0.15) is 11.2 Å². The Labute approximate surface area is 166 Å². The summed E-state index contributed by atoms with van der Waals surface area (Å²) >= 11 is 1.37. The van der Waals surface area contributed by atoms with E-state index >= 15 is 0 Å². The summed E-state index contributed by atoms with van der Waals surface area (Å²) in [6, 6.07) is 19.3. The van der Waals surface area contributed by atoms with Crippen molar-refractivity contribution in [1.82, 2.24) is 9.55 Å². The highest BCUT2D eigenvalue weighted by Crippen LogP contribution is 2.30. The predicted octanol–water partition coefficient (Wildman–Crippen LogP) is 4.18. The molecule has 0 saturated heterocycles. The van der Waals surface area contributed by atoms with Crippen LogP contribution in [0.15, 0.2) is 77.2 Å². The van der Waals surface area contributed by atoms with Gasteiger partial charge >= 0.3 is 0 Å². The number of thiophene rings is 1. The molecule has 28 heavy (non-hydrogen) atoms. The lowest BCUT2D eigenvalue weighted by Gasteiger charge is -2.21. The maximum absolute atomic E-state index is 12.9. The first-order chi connectivity index (χ1) is 13.7. The number of benzene rings is 2. The molecule has 2 aromatic carbocycles. The number of carbonyl (C=O) groups excluding carboxylic acids is 1. The van der Waals surface area contributed by atoms with Gasteiger partial charge in [0, 0.05) is 23.2 Å². The van der Waals surface area contributed by atoms with Crippen molar-refractivity contribution in [3.8, 4) is 11.1 Å². The van der Waals surface area contributed by atoms with Gasteiger partial charge in [0.25, 0.3) is 5.56 Å². The molecule has 2 heterocycles. The van der Waals surface area contributed by atoms with Gasteiger partial charge in [0.2, 0.25) is 5.91 Å². The number of nitrogens with zero attached hydrogens (tertiary/aromatic N) is 3. The van der Waals surface area contributed by atoms with E-state index in [0.29, 0.717) is 16.8 Å². The molecule has 2 aromatic heterocycles. The first kappa shape index (κ1) is 18.1. The van der Waals surface area contributed by atoms with Crippen LogP contribution in [0.4, 0.5) is 5.69 Å². The summed E-state index contributed by atoms with van der Waals surface area (Å²) in [6.45, 7) is 2.41. The van der Waals surface area contributed by atoms with E-state index in [1.165, 1.54) is 22.2 Å². The van der Waals surface area contributed by atoms with Crippen molar-refractivity contribution in [2.75, 3.05) is 11.4 Å². The zero-order chi connectivity index (χ0) is 19.5. The maximum atomic E-state index is 12.9. The first-order valence-corrected chi connectivity index (χ1v) is 9.94. The summed E-state index contributed by atoms with van der Waals surface area (Å²) in [5.41, 5.74) is 3.28. The van der Waals surface area contributed by atoms with Gasteiger partial charge in [-0.1, -0.05) is 48.5 Å². The molecule has 0 atom stereocenters. The Morgan fingerprint density at radius 2 is 1.75 bits per heavy atom. The van der Waals surface area contributed by atoms with Gasteiger partial charge in [-0.2, -0.15) is 0 Å². The molecule has 0 fully saturated rings. The Balaban J connectivity index is 1.66. The minimum atomic E-state index is -0.186. The molecule has 0 saturated carbocycles. The molecule has 4 aromatic rings. The van der Waals surface area contributed by atoms with Gasteiger partial charge in [-0.05, 0) is 24.6 Å². The van der Waals surface area contributed by atoms with Crippen LogP contribution in [-0.4, -0.2) is 22.0 Å². The molecular weight excluding hydrogens is 370 g/mol. The fourth-order valence-electron chi connectivity index (χ4n) is 3.22. The minimum absolute atomic E-state index is 0.0386. The molecule has 1 amide bonds. The van der Waals surface area contributed by atoms with Crippen LogP contribution in [0, 0.1) is 0 Å². The largest absolute Gasteiger partial charge is 0.311 e. The van der Waals surface area contributed by atoms with Gasteiger partial charge in [0.05, 0.1) is 11.8 Å². The summed E-state index contributed by atoms with van der Waals surface area (Å²) in [5.74, 6) is -0.142. The highest BCUT2D eigenvalue weighted by molar-refractivity contribution is 7.17. The number of amides is 1. The van der Waals surface area contributed by atoms with Gasteiger partial charge in [-0.3, -0.25) is 14.2 Å². The van der Waals surface area contributed by atoms with Crippen LogP contribution in [0.1, 0.15) is 6.92 Å². The van der Waals surface area contributed by atoms with E-state index < -0.39 is 0 Å². The summed E-state index contributed by atoms with van der Waals surface area (Å²) in [7, 11) is 0. The van der Waals surface area contributed by atoms with E-state index in [9.17, 15) is 9.59 Å². The van der Waals surface area contributed by atoms with Gasteiger partial charge in [-0.15, -0.1) is 11.3 Å². The van der Waals surface area contributed by atoms with Crippen molar-refractivity contribution in [2.24, 2.45) is 0 Å². The zero-order valence-electron chi connectivity index (χ0n) is 15.4. The van der Waals surface area contributed by atoms with Crippen molar-refractivity contribution < 1.29 is 4.79 Å². The summed E-state index contributed by atoms with van der Waals surface area (Å²) in [4.78, 5) is 31.9. The molecule has 0 radical (unpaired) electrons. The molecule has 0 aliphatic rings. The fourth-order valence-corrected chi connectivity index (χ4v) is 4.19. The maximum Gasteiger partial charge on any atom is 0.271 e.